The van der Waals surface area contributed by atoms with E-state index in [0.717, 1.165) is 0 Å². The fourth-order valence-corrected chi connectivity index (χ4v) is 2.40. The van der Waals surface area contributed by atoms with Gasteiger partial charge in [0.05, 0.1) is 18.2 Å². The van der Waals surface area contributed by atoms with Gasteiger partial charge < -0.3 is 9.47 Å². The first-order valence-electron chi connectivity index (χ1n) is 6.74. The number of hydrogen-bond acceptors (Lipinski definition) is 5. The number of methoxy groups -OCH3 is 1. The van der Waals surface area contributed by atoms with Crippen LogP contribution in [0.1, 0.15) is 19.4 Å². The molecular formula is C15H15ClN2O4S. The molecule has 0 spiro atoms. The highest BCUT2D eigenvalue weighted by Crippen LogP contribution is 2.37. The lowest BCUT2D eigenvalue weighted by atomic mass is 10.1. The number of hydrogen-bond donors (Lipinski definition) is 2. The van der Waals surface area contributed by atoms with Crippen molar-refractivity contribution in [3.8, 4) is 11.5 Å². The Morgan fingerprint density at radius 3 is 2.35 bits per heavy atom. The lowest BCUT2D eigenvalue weighted by Gasteiger charge is -2.17. The summed E-state index contributed by atoms with van der Waals surface area (Å²) in [6.45, 7) is 3.73. The number of rotatable bonds is 4. The number of halogens is 1. The largest absolute Gasteiger partial charge is 0.493 e. The SMILES string of the molecule is COc1cc(C=C2C(=O)NC(=S)NC2=O)cc(Cl)c1OC(C)C. The summed E-state index contributed by atoms with van der Waals surface area (Å²) < 4.78 is 10.9. The van der Waals surface area contributed by atoms with Crippen LogP contribution < -0.4 is 20.1 Å². The van der Waals surface area contributed by atoms with Crippen LogP contribution >= 0.6 is 23.8 Å². The molecule has 1 aromatic carbocycles. The van der Waals surface area contributed by atoms with E-state index in [4.69, 9.17) is 33.3 Å². The zero-order valence-electron chi connectivity index (χ0n) is 12.7. The molecule has 0 atom stereocenters. The van der Waals surface area contributed by atoms with E-state index in [9.17, 15) is 9.59 Å². The third-order valence-electron chi connectivity index (χ3n) is 2.86. The summed E-state index contributed by atoms with van der Waals surface area (Å²) in [6, 6.07) is 3.21. The topological polar surface area (TPSA) is 76.7 Å². The van der Waals surface area contributed by atoms with Crippen LogP contribution in [0.2, 0.25) is 5.02 Å². The zero-order valence-corrected chi connectivity index (χ0v) is 14.3. The zero-order chi connectivity index (χ0) is 17.1. The van der Waals surface area contributed by atoms with Crippen molar-refractivity contribution in [3.05, 3.63) is 28.3 Å². The van der Waals surface area contributed by atoms with Crippen LogP contribution in [0.15, 0.2) is 17.7 Å². The van der Waals surface area contributed by atoms with Gasteiger partial charge in [0.1, 0.15) is 5.57 Å². The Kier molecular flexibility index (Phi) is 5.23. The van der Waals surface area contributed by atoms with Crippen LogP contribution in [-0.4, -0.2) is 30.1 Å². The van der Waals surface area contributed by atoms with Crippen LogP contribution in [0.4, 0.5) is 0 Å². The Hall–Kier alpha value is -2.12. The van der Waals surface area contributed by atoms with Crippen LogP contribution in [0, 0.1) is 0 Å². The van der Waals surface area contributed by atoms with Crippen molar-refractivity contribution < 1.29 is 19.1 Å². The van der Waals surface area contributed by atoms with Crippen LogP contribution in [0.5, 0.6) is 11.5 Å². The Bertz CT molecular complexity index is 694. The standard InChI is InChI=1S/C15H15ClN2O4S/c1-7(2)22-12-10(16)5-8(6-11(12)21-3)4-9-13(19)17-15(23)18-14(9)20/h4-7H,1-3H3,(H2,17,18,19,20,23). The van der Waals surface area contributed by atoms with Crippen LogP contribution in [0.3, 0.4) is 0 Å². The Morgan fingerprint density at radius 2 is 1.83 bits per heavy atom. The van der Waals surface area contributed by atoms with Crippen molar-refractivity contribution in [2.45, 2.75) is 20.0 Å². The predicted octanol–water partition coefficient (Wildman–Crippen LogP) is 2.05. The van der Waals surface area contributed by atoms with Gasteiger partial charge in [0.25, 0.3) is 11.8 Å². The van der Waals surface area contributed by atoms with E-state index in [1.165, 1.54) is 13.2 Å². The van der Waals surface area contributed by atoms with E-state index >= 15 is 0 Å². The summed E-state index contributed by atoms with van der Waals surface area (Å²) in [5.41, 5.74) is 0.449. The molecule has 1 heterocycles. The van der Waals surface area contributed by atoms with E-state index < -0.39 is 11.8 Å². The first kappa shape index (κ1) is 17.2. The van der Waals surface area contributed by atoms with Gasteiger partial charge in [0.2, 0.25) is 0 Å². The number of carbonyl (C=O) groups excluding carboxylic acids is 2. The molecule has 0 bridgehead atoms. The Morgan fingerprint density at radius 1 is 1.22 bits per heavy atom. The van der Waals surface area contributed by atoms with Gasteiger partial charge in [0, 0.05) is 0 Å². The Labute approximate surface area is 143 Å². The van der Waals surface area contributed by atoms with Crippen molar-refractivity contribution in [2.24, 2.45) is 0 Å². The lowest BCUT2D eigenvalue weighted by molar-refractivity contribution is -0.123. The molecule has 0 aliphatic carbocycles. The molecule has 0 radical (unpaired) electrons. The van der Waals surface area contributed by atoms with Crippen molar-refractivity contribution in [3.63, 3.8) is 0 Å². The molecule has 1 fully saturated rings. The molecule has 0 unspecified atom stereocenters. The third-order valence-corrected chi connectivity index (χ3v) is 3.34. The third kappa shape index (κ3) is 4.00. The van der Waals surface area contributed by atoms with Crippen LogP contribution in [0.25, 0.3) is 6.08 Å². The minimum atomic E-state index is -0.573. The molecule has 122 valence electrons. The van der Waals surface area contributed by atoms with E-state index in [0.29, 0.717) is 22.1 Å². The quantitative estimate of drug-likeness (QED) is 0.491. The summed E-state index contributed by atoms with van der Waals surface area (Å²) in [5, 5.41) is 5.02. The molecular weight excluding hydrogens is 340 g/mol. The van der Waals surface area contributed by atoms with Gasteiger partial charge in [-0.3, -0.25) is 20.2 Å². The summed E-state index contributed by atoms with van der Waals surface area (Å²) in [6.07, 6.45) is 1.32. The van der Waals surface area contributed by atoms with Gasteiger partial charge in [-0.15, -0.1) is 0 Å². The molecule has 23 heavy (non-hydrogen) atoms. The van der Waals surface area contributed by atoms with Gasteiger partial charge in [-0.1, -0.05) is 11.6 Å². The molecule has 1 aliphatic heterocycles. The first-order chi connectivity index (χ1) is 10.8. The van der Waals surface area contributed by atoms with Gasteiger partial charge in [-0.25, -0.2) is 0 Å². The lowest BCUT2D eigenvalue weighted by Crippen LogP contribution is -2.51. The van der Waals surface area contributed by atoms with E-state index in [-0.39, 0.29) is 16.8 Å². The second kappa shape index (κ2) is 6.97. The summed E-state index contributed by atoms with van der Waals surface area (Å²) >= 11 is 11.0. The summed E-state index contributed by atoms with van der Waals surface area (Å²) in [5.74, 6) is -0.331. The molecule has 6 nitrogen and oxygen atoms in total. The molecule has 2 rings (SSSR count). The normalized spacial score (nSPS) is 14.5. The number of amides is 2. The highest BCUT2D eigenvalue weighted by atomic mass is 35.5. The van der Waals surface area contributed by atoms with Gasteiger partial charge in [-0.2, -0.15) is 0 Å². The summed E-state index contributed by atoms with van der Waals surface area (Å²) in [7, 11) is 1.48. The summed E-state index contributed by atoms with van der Waals surface area (Å²) in [4.78, 5) is 23.7. The maximum atomic E-state index is 11.9. The maximum Gasteiger partial charge on any atom is 0.263 e. The first-order valence-corrected chi connectivity index (χ1v) is 7.53. The van der Waals surface area contributed by atoms with E-state index in [1.54, 1.807) is 12.1 Å². The van der Waals surface area contributed by atoms with Crippen molar-refractivity contribution in [1.82, 2.24) is 10.6 Å². The molecule has 1 saturated heterocycles. The maximum absolute atomic E-state index is 11.9. The molecule has 0 saturated carbocycles. The average molecular weight is 355 g/mol. The minimum Gasteiger partial charge on any atom is -0.493 e. The van der Waals surface area contributed by atoms with Gasteiger partial charge in [-0.05, 0) is 49.8 Å². The highest BCUT2D eigenvalue weighted by molar-refractivity contribution is 7.80. The van der Waals surface area contributed by atoms with E-state index in [2.05, 4.69) is 10.6 Å². The fraction of sp³-hybridized carbons (Fsp3) is 0.267. The molecule has 2 amide bonds. The smallest absolute Gasteiger partial charge is 0.263 e. The predicted molar refractivity (Wildman–Crippen MR) is 90.6 cm³/mol. The monoisotopic (exact) mass is 354 g/mol. The minimum absolute atomic E-state index is 0.0200. The van der Waals surface area contributed by atoms with Gasteiger partial charge >= 0.3 is 0 Å². The van der Waals surface area contributed by atoms with Gasteiger partial charge in [0.15, 0.2) is 16.6 Å². The average Bonchev–Trinajstić information content (AvgIpc) is 2.44. The molecule has 0 aromatic heterocycles. The second-order valence-corrected chi connectivity index (χ2v) is 5.81. The number of benzene rings is 1. The van der Waals surface area contributed by atoms with Crippen molar-refractivity contribution in [1.29, 1.82) is 0 Å². The molecule has 2 N–H and O–H groups in total. The number of carbonyl (C=O) groups is 2. The number of nitrogens with one attached hydrogen (secondary N) is 2. The van der Waals surface area contributed by atoms with Crippen molar-refractivity contribution >= 4 is 46.8 Å². The molecule has 1 aliphatic rings. The number of thiocarbonyl (C=S) groups is 1. The number of ether oxygens (including phenoxy) is 2. The molecule has 1 aromatic rings. The van der Waals surface area contributed by atoms with E-state index in [1.807, 2.05) is 13.8 Å². The fourth-order valence-electron chi connectivity index (χ4n) is 1.95. The highest BCUT2D eigenvalue weighted by Gasteiger charge is 2.26. The second-order valence-electron chi connectivity index (χ2n) is 5.00. The Balaban J connectivity index is 2.43. The molecule has 8 heteroatoms. The van der Waals surface area contributed by atoms with Crippen molar-refractivity contribution in [2.75, 3.05) is 7.11 Å². The van der Waals surface area contributed by atoms with Crippen LogP contribution in [-0.2, 0) is 9.59 Å².